The Labute approximate surface area is 153 Å². The number of nitrogens with two attached hydrogens (primary N) is 1. The minimum Gasteiger partial charge on any atom is -0.351 e. The van der Waals surface area contributed by atoms with E-state index in [2.05, 4.69) is 64.7 Å². The Hall–Kier alpha value is -1.65. The van der Waals surface area contributed by atoms with Crippen molar-refractivity contribution in [1.82, 2.24) is 5.32 Å². The molecule has 128 valence electrons. The third kappa shape index (κ3) is 5.77. The monoisotopic (exact) mass is 389 g/mol. The summed E-state index contributed by atoms with van der Waals surface area (Å²) in [5, 5.41) is 5.14. The van der Waals surface area contributed by atoms with Crippen LogP contribution in [0.5, 0.6) is 0 Å². The second-order valence-corrected chi connectivity index (χ2v) is 6.95. The van der Waals surface area contributed by atoms with Crippen LogP contribution in [0.25, 0.3) is 0 Å². The quantitative estimate of drug-likeness (QED) is 0.715. The maximum atomic E-state index is 12.1. The number of rotatable bonds is 8. The van der Waals surface area contributed by atoms with E-state index in [1.807, 2.05) is 24.3 Å². The highest BCUT2D eigenvalue weighted by atomic mass is 79.9. The summed E-state index contributed by atoms with van der Waals surface area (Å²) >= 11 is 3.46. The molecule has 0 aliphatic rings. The third-order valence-corrected chi connectivity index (χ3v) is 4.83. The number of benzene rings is 2. The van der Waals surface area contributed by atoms with Crippen molar-refractivity contribution in [3.05, 3.63) is 69.7 Å². The molecule has 0 unspecified atom stereocenters. The summed E-state index contributed by atoms with van der Waals surface area (Å²) in [4.78, 5) is 12.1. The van der Waals surface area contributed by atoms with Crippen molar-refractivity contribution in [2.45, 2.75) is 32.7 Å². The summed E-state index contributed by atoms with van der Waals surface area (Å²) in [5.41, 5.74) is 3.83. The number of nitrogens with one attached hydrogen (secondary N) is 1. The summed E-state index contributed by atoms with van der Waals surface area (Å²) < 4.78 is 1.08. The molecule has 0 spiro atoms. The predicted octanol–water partition coefficient (Wildman–Crippen LogP) is 3.13. The first kappa shape index (κ1) is 18.7. The smallest absolute Gasteiger partial charge is 0.275 e. The zero-order valence-electron chi connectivity index (χ0n) is 14.4. The largest absolute Gasteiger partial charge is 0.351 e. The normalized spacial score (nSPS) is 12.0. The molecule has 1 atom stereocenters. The molecular weight excluding hydrogens is 364 g/mol. The van der Waals surface area contributed by atoms with Gasteiger partial charge in [-0.05, 0) is 36.6 Å². The number of carbonyl (C=O) groups excluding carboxylic acids is 1. The van der Waals surface area contributed by atoms with E-state index in [1.165, 1.54) is 16.7 Å². The van der Waals surface area contributed by atoms with Gasteiger partial charge in [-0.1, -0.05) is 59.3 Å². The zero-order chi connectivity index (χ0) is 17.4. The predicted molar refractivity (Wildman–Crippen MR) is 102 cm³/mol. The van der Waals surface area contributed by atoms with E-state index in [-0.39, 0.29) is 5.91 Å². The lowest BCUT2D eigenvalue weighted by atomic mass is 10.0. The lowest BCUT2D eigenvalue weighted by molar-refractivity contribution is -0.686. The van der Waals surface area contributed by atoms with Crippen LogP contribution in [-0.4, -0.2) is 19.0 Å². The van der Waals surface area contributed by atoms with E-state index in [0.717, 1.165) is 17.3 Å². The summed E-state index contributed by atoms with van der Waals surface area (Å²) in [7, 11) is 0. The minimum absolute atomic E-state index is 0.0964. The summed E-state index contributed by atoms with van der Waals surface area (Å²) in [6, 6.07) is 17.0. The number of halogens is 1. The van der Waals surface area contributed by atoms with E-state index in [9.17, 15) is 4.79 Å². The van der Waals surface area contributed by atoms with Crippen molar-refractivity contribution in [1.29, 1.82) is 0 Å². The van der Waals surface area contributed by atoms with Crippen LogP contribution < -0.4 is 10.6 Å². The molecule has 0 radical (unpaired) electrons. The fourth-order valence-electron chi connectivity index (χ4n) is 2.80. The van der Waals surface area contributed by atoms with Crippen molar-refractivity contribution >= 4 is 21.8 Å². The molecule has 4 heteroatoms. The third-order valence-electron chi connectivity index (χ3n) is 4.30. The SMILES string of the molecule is CC[C@H]([NH2+]CC(=O)NCCc1ccccc1C)c1ccc(Br)cc1. The lowest BCUT2D eigenvalue weighted by Gasteiger charge is -2.14. The van der Waals surface area contributed by atoms with Crippen LogP contribution >= 0.6 is 15.9 Å². The summed E-state index contributed by atoms with van der Waals surface area (Å²) in [6.45, 7) is 5.41. The summed E-state index contributed by atoms with van der Waals surface area (Å²) in [5.74, 6) is 0.0964. The van der Waals surface area contributed by atoms with Crippen LogP contribution in [0, 0.1) is 6.92 Å². The molecule has 0 bridgehead atoms. The van der Waals surface area contributed by atoms with Gasteiger partial charge in [-0.25, -0.2) is 0 Å². The number of aryl methyl sites for hydroxylation is 1. The van der Waals surface area contributed by atoms with Crippen molar-refractivity contribution < 1.29 is 10.1 Å². The number of hydrogen-bond acceptors (Lipinski definition) is 1. The van der Waals surface area contributed by atoms with Gasteiger partial charge in [0.15, 0.2) is 6.54 Å². The maximum Gasteiger partial charge on any atom is 0.275 e. The first-order valence-corrected chi connectivity index (χ1v) is 9.29. The average molecular weight is 390 g/mol. The molecule has 24 heavy (non-hydrogen) atoms. The maximum absolute atomic E-state index is 12.1. The van der Waals surface area contributed by atoms with Gasteiger partial charge < -0.3 is 10.6 Å². The molecule has 3 N–H and O–H groups in total. The van der Waals surface area contributed by atoms with E-state index in [0.29, 0.717) is 19.1 Å². The number of carbonyl (C=O) groups is 1. The molecule has 0 heterocycles. The minimum atomic E-state index is 0.0964. The number of amides is 1. The second-order valence-electron chi connectivity index (χ2n) is 6.03. The second kappa shape index (κ2) is 9.60. The molecular formula is C20H26BrN2O+. The molecule has 0 aromatic heterocycles. The van der Waals surface area contributed by atoms with Crippen molar-refractivity contribution in [3.8, 4) is 0 Å². The Morgan fingerprint density at radius 3 is 2.54 bits per heavy atom. The molecule has 1 amide bonds. The average Bonchev–Trinajstić information content (AvgIpc) is 2.58. The van der Waals surface area contributed by atoms with Gasteiger partial charge in [0, 0.05) is 23.0 Å². The zero-order valence-corrected chi connectivity index (χ0v) is 16.0. The van der Waals surface area contributed by atoms with Gasteiger partial charge in [0.05, 0.1) is 0 Å². The number of quaternary nitrogens is 1. The highest BCUT2D eigenvalue weighted by Crippen LogP contribution is 2.16. The van der Waals surface area contributed by atoms with Crippen LogP contribution in [0.1, 0.15) is 36.1 Å². The van der Waals surface area contributed by atoms with E-state index in [4.69, 9.17) is 0 Å². The molecule has 2 rings (SSSR count). The topological polar surface area (TPSA) is 45.7 Å². The fourth-order valence-corrected chi connectivity index (χ4v) is 3.06. The van der Waals surface area contributed by atoms with E-state index < -0.39 is 0 Å². The Kier molecular flexibility index (Phi) is 7.47. The van der Waals surface area contributed by atoms with Crippen molar-refractivity contribution in [3.63, 3.8) is 0 Å². The van der Waals surface area contributed by atoms with Gasteiger partial charge in [0.1, 0.15) is 6.04 Å². The molecule has 0 fully saturated rings. The van der Waals surface area contributed by atoms with Crippen LogP contribution in [0.2, 0.25) is 0 Å². The van der Waals surface area contributed by atoms with Gasteiger partial charge in [-0.3, -0.25) is 4.79 Å². The van der Waals surface area contributed by atoms with E-state index in [1.54, 1.807) is 0 Å². The molecule has 0 aliphatic heterocycles. The number of hydrogen-bond donors (Lipinski definition) is 2. The van der Waals surface area contributed by atoms with Gasteiger partial charge in [-0.15, -0.1) is 0 Å². The van der Waals surface area contributed by atoms with Gasteiger partial charge in [0.25, 0.3) is 5.91 Å². The molecule has 0 saturated carbocycles. The van der Waals surface area contributed by atoms with Crippen LogP contribution in [-0.2, 0) is 11.2 Å². The van der Waals surface area contributed by atoms with Crippen LogP contribution in [0.4, 0.5) is 0 Å². The Morgan fingerprint density at radius 1 is 1.17 bits per heavy atom. The molecule has 3 nitrogen and oxygen atoms in total. The lowest BCUT2D eigenvalue weighted by Crippen LogP contribution is -2.87. The Bertz CT molecular complexity index is 655. The van der Waals surface area contributed by atoms with Gasteiger partial charge in [-0.2, -0.15) is 0 Å². The molecule has 0 aliphatic carbocycles. The van der Waals surface area contributed by atoms with Crippen molar-refractivity contribution in [2.75, 3.05) is 13.1 Å². The molecule has 0 saturated heterocycles. The van der Waals surface area contributed by atoms with Gasteiger partial charge >= 0.3 is 0 Å². The summed E-state index contributed by atoms with van der Waals surface area (Å²) in [6.07, 6.45) is 1.88. The first-order valence-electron chi connectivity index (χ1n) is 8.50. The molecule has 2 aromatic carbocycles. The van der Waals surface area contributed by atoms with E-state index >= 15 is 0 Å². The highest BCUT2D eigenvalue weighted by molar-refractivity contribution is 9.10. The fraction of sp³-hybridized carbons (Fsp3) is 0.350. The Morgan fingerprint density at radius 2 is 1.88 bits per heavy atom. The van der Waals surface area contributed by atoms with Crippen LogP contribution in [0.3, 0.4) is 0 Å². The molecule has 2 aromatic rings. The Balaban J connectivity index is 1.75. The van der Waals surface area contributed by atoms with Crippen molar-refractivity contribution in [2.24, 2.45) is 0 Å². The van der Waals surface area contributed by atoms with Gasteiger partial charge in [0.2, 0.25) is 0 Å². The highest BCUT2D eigenvalue weighted by Gasteiger charge is 2.14. The first-order chi connectivity index (χ1) is 11.6. The standard InChI is InChI=1S/C20H25BrN2O/c1-3-19(17-8-10-18(21)11-9-17)23-14-20(24)22-13-12-16-7-5-4-6-15(16)2/h4-11,19,23H,3,12-14H2,1-2H3,(H,22,24)/p+1/t19-/m0/s1. The van der Waals surface area contributed by atoms with Crippen LogP contribution in [0.15, 0.2) is 53.0 Å².